The normalized spacial score (nSPS) is 13.5. The summed E-state index contributed by atoms with van der Waals surface area (Å²) < 4.78 is 1.68. The third kappa shape index (κ3) is 3.83. The van der Waals surface area contributed by atoms with Gasteiger partial charge in [0.25, 0.3) is 11.8 Å². The van der Waals surface area contributed by atoms with Crippen LogP contribution >= 0.6 is 11.6 Å². The fourth-order valence-electron chi connectivity index (χ4n) is 3.78. The first-order valence-electron chi connectivity index (χ1n) is 9.96. The molecule has 1 aliphatic heterocycles. The van der Waals surface area contributed by atoms with E-state index in [0.717, 1.165) is 37.2 Å². The van der Waals surface area contributed by atoms with E-state index in [2.05, 4.69) is 10.4 Å². The van der Waals surface area contributed by atoms with Gasteiger partial charge in [0.2, 0.25) is 0 Å². The Kier molecular flexibility index (Phi) is 5.59. The standard InChI is InChI=1S/C23H23ClN4O2/c1-15-19(23(30)27-11-3-4-12-27)9-6-10-21(15)26-22(29)20-14-25-28(16(20)2)18-8-5-7-17(24)13-18/h5-10,13-14H,3-4,11-12H2,1-2H3,(H,26,29). The van der Waals surface area contributed by atoms with E-state index in [-0.39, 0.29) is 11.8 Å². The van der Waals surface area contributed by atoms with Crippen LogP contribution in [0, 0.1) is 13.8 Å². The summed E-state index contributed by atoms with van der Waals surface area (Å²) in [5, 5.41) is 7.89. The van der Waals surface area contributed by atoms with Crippen LogP contribution in [0.1, 0.15) is 44.8 Å². The van der Waals surface area contributed by atoms with Gasteiger partial charge in [0.05, 0.1) is 23.1 Å². The zero-order valence-electron chi connectivity index (χ0n) is 17.0. The molecule has 3 aromatic rings. The molecule has 0 spiro atoms. The Morgan fingerprint density at radius 1 is 1.03 bits per heavy atom. The van der Waals surface area contributed by atoms with Crippen LogP contribution < -0.4 is 5.32 Å². The van der Waals surface area contributed by atoms with Crippen molar-refractivity contribution < 1.29 is 9.59 Å². The smallest absolute Gasteiger partial charge is 0.259 e. The average molecular weight is 423 g/mol. The van der Waals surface area contributed by atoms with Gasteiger partial charge in [0, 0.05) is 29.4 Å². The molecule has 30 heavy (non-hydrogen) atoms. The average Bonchev–Trinajstić information content (AvgIpc) is 3.39. The van der Waals surface area contributed by atoms with E-state index in [1.807, 2.05) is 43.0 Å². The van der Waals surface area contributed by atoms with Crippen molar-refractivity contribution in [3.63, 3.8) is 0 Å². The molecule has 1 saturated heterocycles. The number of carbonyl (C=O) groups excluding carboxylic acids is 2. The second kappa shape index (κ2) is 8.32. The summed E-state index contributed by atoms with van der Waals surface area (Å²) >= 11 is 6.08. The lowest BCUT2D eigenvalue weighted by molar-refractivity contribution is 0.0791. The molecule has 2 amide bonds. The molecule has 2 aromatic carbocycles. The van der Waals surface area contributed by atoms with Crippen molar-refractivity contribution in [2.45, 2.75) is 26.7 Å². The number of nitrogens with zero attached hydrogens (tertiary/aromatic N) is 3. The molecule has 1 N–H and O–H groups in total. The molecular formula is C23H23ClN4O2. The van der Waals surface area contributed by atoms with Gasteiger partial charge in [-0.2, -0.15) is 5.10 Å². The molecule has 1 aromatic heterocycles. The van der Waals surface area contributed by atoms with Crippen molar-refractivity contribution in [3.8, 4) is 5.69 Å². The van der Waals surface area contributed by atoms with E-state index in [9.17, 15) is 9.59 Å². The van der Waals surface area contributed by atoms with E-state index in [1.54, 1.807) is 29.1 Å². The fraction of sp³-hybridized carbons (Fsp3) is 0.261. The molecule has 0 saturated carbocycles. The highest BCUT2D eigenvalue weighted by atomic mass is 35.5. The minimum Gasteiger partial charge on any atom is -0.339 e. The van der Waals surface area contributed by atoms with E-state index in [0.29, 0.717) is 27.5 Å². The Hall–Kier alpha value is -3.12. The van der Waals surface area contributed by atoms with Crippen LogP contribution in [-0.4, -0.2) is 39.6 Å². The molecule has 7 heteroatoms. The monoisotopic (exact) mass is 422 g/mol. The highest BCUT2D eigenvalue weighted by Crippen LogP contribution is 2.24. The molecule has 0 aliphatic carbocycles. The van der Waals surface area contributed by atoms with Crippen molar-refractivity contribution in [2.24, 2.45) is 0 Å². The van der Waals surface area contributed by atoms with Crippen LogP contribution in [-0.2, 0) is 0 Å². The molecule has 4 rings (SSSR count). The SMILES string of the molecule is Cc1c(NC(=O)c2cnn(-c3cccc(Cl)c3)c2C)cccc1C(=O)N1CCCC1. The molecule has 6 nitrogen and oxygen atoms in total. The van der Waals surface area contributed by atoms with Crippen LogP contribution in [0.25, 0.3) is 5.69 Å². The summed E-state index contributed by atoms with van der Waals surface area (Å²) in [7, 11) is 0. The summed E-state index contributed by atoms with van der Waals surface area (Å²) in [6, 6.07) is 12.7. The van der Waals surface area contributed by atoms with Crippen LogP contribution in [0.3, 0.4) is 0 Å². The van der Waals surface area contributed by atoms with Gasteiger partial charge in [0.1, 0.15) is 0 Å². The number of benzene rings is 2. The maximum atomic E-state index is 13.0. The first-order valence-corrected chi connectivity index (χ1v) is 10.3. The fourth-order valence-corrected chi connectivity index (χ4v) is 3.97. The molecule has 1 fully saturated rings. The third-order valence-electron chi connectivity index (χ3n) is 5.51. The largest absolute Gasteiger partial charge is 0.339 e. The first-order chi connectivity index (χ1) is 14.5. The lowest BCUT2D eigenvalue weighted by atomic mass is 10.0. The Labute approximate surface area is 180 Å². The quantitative estimate of drug-likeness (QED) is 0.666. The van der Waals surface area contributed by atoms with Gasteiger partial charge in [-0.25, -0.2) is 4.68 Å². The van der Waals surface area contributed by atoms with Gasteiger partial charge < -0.3 is 10.2 Å². The van der Waals surface area contributed by atoms with Crippen LogP contribution in [0.4, 0.5) is 5.69 Å². The molecule has 0 radical (unpaired) electrons. The van der Waals surface area contributed by atoms with Crippen molar-refractivity contribution >= 4 is 29.1 Å². The molecule has 1 aliphatic rings. The van der Waals surface area contributed by atoms with Gasteiger partial charge in [-0.1, -0.05) is 23.7 Å². The van der Waals surface area contributed by atoms with E-state index >= 15 is 0 Å². The van der Waals surface area contributed by atoms with E-state index in [4.69, 9.17) is 11.6 Å². The molecule has 0 unspecified atom stereocenters. The Balaban J connectivity index is 1.58. The van der Waals surface area contributed by atoms with Gasteiger partial charge in [-0.3, -0.25) is 9.59 Å². The lowest BCUT2D eigenvalue weighted by Crippen LogP contribution is -2.28. The molecule has 0 bridgehead atoms. The van der Waals surface area contributed by atoms with Crippen molar-refractivity contribution in [1.82, 2.24) is 14.7 Å². The summed E-state index contributed by atoms with van der Waals surface area (Å²) in [5.74, 6) is -0.249. The van der Waals surface area contributed by atoms with E-state index in [1.165, 1.54) is 0 Å². The summed E-state index contributed by atoms with van der Waals surface area (Å²) in [5.41, 5.74) is 3.97. The van der Waals surface area contributed by atoms with Gasteiger partial charge in [0.15, 0.2) is 0 Å². The summed E-state index contributed by atoms with van der Waals surface area (Å²) in [6.45, 7) is 5.28. The van der Waals surface area contributed by atoms with Crippen LogP contribution in [0.2, 0.25) is 5.02 Å². The maximum Gasteiger partial charge on any atom is 0.259 e. The topological polar surface area (TPSA) is 67.2 Å². The maximum absolute atomic E-state index is 13.0. The second-order valence-corrected chi connectivity index (χ2v) is 7.90. The Morgan fingerprint density at radius 3 is 2.50 bits per heavy atom. The number of halogens is 1. The number of nitrogens with one attached hydrogen (secondary N) is 1. The van der Waals surface area contributed by atoms with Gasteiger partial charge >= 0.3 is 0 Å². The Morgan fingerprint density at radius 2 is 1.77 bits per heavy atom. The zero-order valence-corrected chi connectivity index (χ0v) is 17.7. The number of aromatic nitrogens is 2. The minimum absolute atomic E-state index is 0.0195. The minimum atomic E-state index is -0.269. The predicted molar refractivity (Wildman–Crippen MR) is 118 cm³/mol. The molecule has 154 valence electrons. The lowest BCUT2D eigenvalue weighted by Gasteiger charge is -2.18. The number of carbonyl (C=O) groups is 2. The molecule has 0 atom stereocenters. The van der Waals surface area contributed by atoms with Crippen molar-refractivity contribution in [3.05, 3.63) is 76.1 Å². The van der Waals surface area contributed by atoms with Gasteiger partial charge in [-0.15, -0.1) is 0 Å². The molecular weight excluding hydrogens is 400 g/mol. The number of anilines is 1. The van der Waals surface area contributed by atoms with Crippen molar-refractivity contribution in [2.75, 3.05) is 18.4 Å². The number of likely N-dealkylation sites (tertiary alicyclic amines) is 1. The zero-order chi connectivity index (χ0) is 21.3. The first kappa shape index (κ1) is 20.2. The number of hydrogen-bond acceptors (Lipinski definition) is 3. The molecule has 2 heterocycles. The predicted octanol–water partition coefficient (Wildman–Crippen LogP) is 4.63. The third-order valence-corrected chi connectivity index (χ3v) is 5.75. The number of rotatable bonds is 4. The Bertz CT molecular complexity index is 1120. The van der Waals surface area contributed by atoms with Crippen molar-refractivity contribution in [1.29, 1.82) is 0 Å². The number of hydrogen-bond donors (Lipinski definition) is 1. The van der Waals surface area contributed by atoms with E-state index < -0.39 is 0 Å². The van der Waals surface area contributed by atoms with Crippen LogP contribution in [0.15, 0.2) is 48.7 Å². The summed E-state index contributed by atoms with van der Waals surface area (Å²) in [6.07, 6.45) is 3.62. The highest BCUT2D eigenvalue weighted by Gasteiger charge is 2.23. The second-order valence-electron chi connectivity index (χ2n) is 7.47. The van der Waals surface area contributed by atoms with Gasteiger partial charge in [-0.05, 0) is 62.6 Å². The number of amides is 2. The van der Waals surface area contributed by atoms with Crippen LogP contribution in [0.5, 0.6) is 0 Å². The summed E-state index contributed by atoms with van der Waals surface area (Å²) in [4.78, 5) is 27.6. The highest BCUT2D eigenvalue weighted by molar-refractivity contribution is 6.30.